The lowest BCUT2D eigenvalue weighted by Crippen LogP contribution is -2.63. The van der Waals surface area contributed by atoms with E-state index >= 15 is 0 Å². The van der Waals surface area contributed by atoms with Gasteiger partial charge in [-0.3, -0.25) is 23.2 Å². The van der Waals surface area contributed by atoms with Gasteiger partial charge < -0.3 is 50.1 Å². The quantitative estimate of drug-likeness (QED) is 0.158. The maximum atomic E-state index is 12.3. The predicted octanol–water partition coefficient (Wildman–Crippen LogP) is -2.14. The second-order valence-electron chi connectivity index (χ2n) is 8.87. The van der Waals surface area contributed by atoms with E-state index in [0.29, 0.717) is 5.57 Å². The van der Waals surface area contributed by atoms with Crippen molar-refractivity contribution in [1.29, 1.82) is 0 Å². The Balaban J connectivity index is 1.57. The van der Waals surface area contributed by atoms with Crippen LogP contribution in [0.15, 0.2) is 24.2 Å². The molecule has 10 atom stereocenters. The van der Waals surface area contributed by atoms with Crippen molar-refractivity contribution >= 4 is 27.5 Å². The summed E-state index contributed by atoms with van der Waals surface area (Å²) >= 11 is 0. The molecular formula is C19H30N3O14P2-. The highest BCUT2D eigenvalue weighted by atomic mass is 31.3. The molecule has 0 aromatic heterocycles. The van der Waals surface area contributed by atoms with Gasteiger partial charge in [0.05, 0.1) is 24.9 Å². The number of hydrogen-bond acceptors (Lipinski definition) is 14. The molecule has 19 heteroatoms. The fourth-order valence-corrected chi connectivity index (χ4v) is 6.04. The molecule has 5 unspecified atom stereocenters. The summed E-state index contributed by atoms with van der Waals surface area (Å²) in [7, 11) is -11.1. The number of ether oxygens (including phenoxy) is 2. The number of hydrogen-bond donors (Lipinski definition) is 6. The molecule has 0 aliphatic carbocycles. The third-order valence-corrected chi connectivity index (χ3v) is 8.39. The van der Waals surface area contributed by atoms with Crippen LogP contribution in [0.2, 0.25) is 0 Å². The Kier molecular flexibility index (Phi) is 9.57. The fraction of sp³-hybridized carbons (Fsp3) is 0.684. The van der Waals surface area contributed by atoms with Gasteiger partial charge in [-0.1, -0.05) is 6.58 Å². The zero-order valence-electron chi connectivity index (χ0n) is 20.5. The lowest BCUT2D eigenvalue weighted by Gasteiger charge is -2.42. The zero-order chi connectivity index (χ0) is 28.6. The van der Waals surface area contributed by atoms with Gasteiger partial charge in [0.25, 0.3) is 13.7 Å². The molecule has 0 aromatic rings. The Labute approximate surface area is 217 Å². The minimum Gasteiger partial charge on any atom is -0.756 e. The highest BCUT2D eigenvalue weighted by Crippen LogP contribution is 2.59. The number of amides is 2. The van der Waals surface area contributed by atoms with Crippen molar-refractivity contribution in [3.05, 3.63) is 24.2 Å². The summed E-state index contributed by atoms with van der Waals surface area (Å²) in [5.74, 6) is -0.834. The van der Waals surface area contributed by atoms with Gasteiger partial charge in [-0.25, -0.2) is 8.88 Å². The standard InChI is InChI=1S/C19H31N3O14P2/c1-8-6-22(10(3)20-18(8)27)14-5-12(24)13(34-14)7-32-37(28,29)36-38(30,31)35-19-17(26)15(21-11(4)23)16(25)9(2)33-19/h6,9,12-17,19,24-26H,3,5,7H2,1-2,4H3,(H,20,27)(H,21,23)(H,28,29)(H,30,31)/p-1/t9?,12?,13-,14-,15+,16-,17?,19-/m1/s1. The fourth-order valence-electron chi connectivity index (χ4n) is 3.92. The van der Waals surface area contributed by atoms with Gasteiger partial charge in [-0.2, -0.15) is 0 Å². The first-order valence-electron chi connectivity index (χ1n) is 11.3. The summed E-state index contributed by atoms with van der Waals surface area (Å²) in [6, 6.07) is -1.38. The molecule has 0 aromatic carbocycles. The van der Waals surface area contributed by atoms with Crippen LogP contribution in [0.3, 0.4) is 0 Å². The smallest absolute Gasteiger partial charge is 0.478 e. The van der Waals surface area contributed by atoms with Gasteiger partial charge >= 0.3 is 7.82 Å². The molecule has 2 amide bonds. The number of rotatable bonds is 9. The first-order chi connectivity index (χ1) is 17.5. The van der Waals surface area contributed by atoms with E-state index in [1.165, 1.54) is 18.0 Å². The summed E-state index contributed by atoms with van der Waals surface area (Å²) in [6.07, 6.45) is -8.24. The number of nitrogens with one attached hydrogen (secondary N) is 2. The lowest BCUT2D eigenvalue weighted by atomic mass is 9.97. The predicted molar refractivity (Wildman–Crippen MR) is 122 cm³/mol. The topological polar surface area (TPSA) is 246 Å². The Bertz CT molecular complexity index is 1070. The molecule has 0 radical (unpaired) electrons. The minimum atomic E-state index is -5.70. The third kappa shape index (κ3) is 7.47. The molecule has 2 saturated heterocycles. The molecule has 0 saturated carbocycles. The van der Waals surface area contributed by atoms with E-state index in [9.17, 15) is 43.8 Å². The van der Waals surface area contributed by atoms with Crippen LogP contribution in [0.4, 0.5) is 0 Å². The number of aliphatic hydroxyl groups excluding tert-OH is 3. The molecule has 3 aliphatic rings. The molecule has 3 heterocycles. The van der Waals surface area contributed by atoms with Gasteiger partial charge in [0, 0.05) is 25.1 Å². The van der Waals surface area contributed by atoms with E-state index in [2.05, 4.69) is 30.6 Å². The van der Waals surface area contributed by atoms with E-state index in [-0.39, 0.29) is 18.1 Å². The van der Waals surface area contributed by atoms with Gasteiger partial charge in [-0.05, 0) is 13.8 Å². The number of nitrogens with zero attached hydrogens (tertiary/aromatic N) is 1. The Morgan fingerprint density at radius 1 is 1.32 bits per heavy atom. The first kappa shape index (κ1) is 30.8. The maximum absolute atomic E-state index is 12.3. The summed E-state index contributed by atoms with van der Waals surface area (Å²) in [5, 5.41) is 35.4. The van der Waals surface area contributed by atoms with Gasteiger partial charge in [0.15, 0.2) is 6.29 Å². The Hall–Kier alpha value is -1.72. The molecule has 3 rings (SSSR count). The number of phosphoric ester groups is 2. The number of carbonyl (C=O) groups is 2. The average Bonchev–Trinajstić information content (AvgIpc) is 3.15. The third-order valence-electron chi connectivity index (χ3n) is 5.83. The van der Waals surface area contributed by atoms with Crippen LogP contribution in [-0.4, -0.2) is 92.6 Å². The number of carbonyl (C=O) groups excluding carboxylic acids is 2. The van der Waals surface area contributed by atoms with Crippen molar-refractivity contribution in [1.82, 2.24) is 15.5 Å². The molecule has 17 nitrogen and oxygen atoms in total. The summed E-state index contributed by atoms with van der Waals surface area (Å²) in [5.41, 5.74) is 0.342. The monoisotopic (exact) mass is 586 g/mol. The minimum absolute atomic E-state index is 0.0111. The molecule has 2 fully saturated rings. The van der Waals surface area contributed by atoms with Crippen LogP contribution in [0.1, 0.15) is 27.2 Å². The summed E-state index contributed by atoms with van der Waals surface area (Å²) in [4.78, 5) is 46.7. The molecular weight excluding hydrogens is 556 g/mol. The summed E-state index contributed by atoms with van der Waals surface area (Å²) < 4.78 is 48.7. The van der Waals surface area contributed by atoms with E-state index in [4.69, 9.17) is 9.47 Å². The second-order valence-corrected chi connectivity index (χ2v) is 11.8. The molecule has 6 N–H and O–H groups in total. The van der Waals surface area contributed by atoms with E-state index in [0.717, 1.165) is 6.92 Å². The van der Waals surface area contributed by atoms with Crippen molar-refractivity contribution in [2.75, 3.05) is 6.61 Å². The van der Waals surface area contributed by atoms with E-state index in [1.54, 1.807) is 6.92 Å². The normalized spacial score (nSPS) is 37.2. The largest absolute Gasteiger partial charge is 0.756 e. The lowest BCUT2D eigenvalue weighted by molar-refractivity contribution is -0.280. The molecule has 216 valence electrons. The van der Waals surface area contributed by atoms with E-state index in [1.807, 2.05) is 0 Å². The van der Waals surface area contributed by atoms with Crippen molar-refractivity contribution in [3.63, 3.8) is 0 Å². The van der Waals surface area contributed by atoms with Crippen LogP contribution in [0, 0.1) is 0 Å². The van der Waals surface area contributed by atoms with Crippen molar-refractivity contribution in [2.45, 2.75) is 76.3 Å². The zero-order valence-corrected chi connectivity index (χ0v) is 22.3. The van der Waals surface area contributed by atoms with Crippen molar-refractivity contribution < 1.29 is 66.7 Å². The van der Waals surface area contributed by atoms with Crippen LogP contribution < -0.4 is 15.5 Å². The van der Waals surface area contributed by atoms with Gasteiger partial charge in [0.1, 0.15) is 30.4 Å². The highest BCUT2D eigenvalue weighted by Gasteiger charge is 2.46. The first-order valence-corrected chi connectivity index (χ1v) is 14.2. The number of aliphatic hydroxyl groups is 3. The summed E-state index contributed by atoms with van der Waals surface area (Å²) in [6.45, 7) is 6.86. The highest BCUT2D eigenvalue weighted by molar-refractivity contribution is 7.60. The maximum Gasteiger partial charge on any atom is 0.478 e. The molecule has 0 bridgehead atoms. The Morgan fingerprint density at radius 3 is 2.61 bits per heavy atom. The van der Waals surface area contributed by atoms with Crippen LogP contribution in [-0.2, 0) is 41.6 Å². The van der Waals surface area contributed by atoms with Crippen LogP contribution in [0.5, 0.6) is 0 Å². The Morgan fingerprint density at radius 2 is 1.97 bits per heavy atom. The molecule has 0 spiro atoms. The SMILES string of the molecule is C=C1NC(=O)C(C)=CN1[C@H]1CC(O)[C@@H](COP(=O)(O)OP(=O)([O-])O[C@H]2OC(C)[C@@H](O)[C@H](NC(C)=O)C2O)O1. The van der Waals surface area contributed by atoms with Crippen molar-refractivity contribution in [3.8, 4) is 0 Å². The molecule has 38 heavy (non-hydrogen) atoms. The second kappa shape index (κ2) is 11.8. The molecule has 3 aliphatic heterocycles. The van der Waals surface area contributed by atoms with Gasteiger partial charge in [-0.15, -0.1) is 0 Å². The van der Waals surface area contributed by atoms with Crippen LogP contribution >= 0.6 is 15.6 Å². The van der Waals surface area contributed by atoms with Crippen LogP contribution in [0.25, 0.3) is 0 Å². The average molecular weight is 586 g/mol. The van der Waals surface area contributed by atoms with Crippen molar-refractivity contribution in [2.24, 2.45) is 0 Å². The van der Waals surface area contributed by atoms with E-state index < -0.39 is 77.2 Å². The van der Waals surface area contributed by atoms with Gasteiger partial charge in [0.2, 0.25) is 5.91 Å². The number of phosphoric acid groups is 2.